The lowest BCUT2D eigenvalue weighted by atomic mass is 9.82. The van der Waals surface area contributed by atoms with Gasteiger partial charge in [-0.15, -0.1) is 0 Å². The number of rotatable bonds is 4. The number of likely N-dealkylation sites (N-methyl/N-ethyl adjacent to an activating group) is 1. The molecule has 1 aliphatic carbocycles. The number of hydrogen-bond acceptors (Lipinski definition) is 3. The highest BCUT2D eigenvalue weighted by Gasteiger charge is 2.24. The Morgan fingerprint density at radius 3 is 2.62 bits per heavy atom. The minimum Gasteiger partial charge on any atom is -0.374 e. The van der Waals surface area contributed by atoms with E-state index in [1.165, 1.54) is 31.2 Å². The first-order valence-electron chi connectivity index (χ1n) is 8.40. The molecule has 116 valence electrons. The second-order valence-electron chi connectivity index (χ2n) is 6.62. The molecule has 2 aliphatic rings. The summed E-state index contributed by atoms with van der Waals surface area (Å²) in [6.45, 7) is 4.01. The molecule has 2 fully saturated rings. The predicted octanol–water partition coefficient (Wildman–Crippen LogP) is 2.63. The molecule has 1 atom stereocenters. The molecule has 1 unspecified atom stereocenters. The third-order valence-electron chi connectivity index (χ3n) is 4.97. The highest BCUT2D eigenvalue weighted by Crippen LogP contribution is 2.32. The van der Waals surface area contributed by atoms with Gasteiger partial charge in [0.15, 0.2) is 0 Å². The number of morpholine rings is 1. The molecule has 1 N–H and O–H groups in total. The topological polar surface area (TPSA) is 24.5 Å². The van der Waals surface area contributed by atoms with E-state index < -0.39 is 0 Å². The molecule has 1 aliphatic heterocycles. The van der Waals surface area contributed by atoms with Gasteiger partial charge in [0.05, 0.1) is 12.7 Å². The lowest BCUT2D eigenvalue weighted by Gasteiger charge is -2.33. The van der Waals surface area contributed by atoms with Crippen LogP contribution >= 0.6 is 0 Å². The van der Waals surface area contributed by atoms with Gasteiger partial charge in [-0.1, -0.05) is 30.3 Å². The number of hydrogen-bond donors (Lipinski definition) is 1. The number of nitrogens with zero attached hydrogens (tertiary/aromatic N) is 1. The van der Waals surface area contributed by atoms with Crippen LogP contribution in [0.2, 0.25) is 0 Å². The largest absolute Gasteiger partial charge is 0.374 e. The van der Waals surface area contributed by atoms with Crippen molar-refractivity contribution in [3.8, 4) is 0 Å². The van der Waals surface area contributed by atoms with Crippen molar-refractivity contribution < 1.29 is 4.74 Å². The van der Waals surface area contributed by atoms with Crippen LogP contribution in [0.4, 0.5) is 0 Å². The molecule has 1 aromatic carbocycles. The molecule has 0 bridgehead atoms. The fourth-order valence-corrected chi connectivity index (χ4v) is 3.64. The molecular formula is C18H28N2O. The molecule has 3 rings (SSSR count). The Hall–Kier alpha value is -0.900. The van der Waals surface area contributed by atoms with Crippen LogP contribution in [0.3, 0.4) is 0 Å². The van der Waals surface area contributed by atoms with Gasteiger partial charge in [0.2, 0.25) is 0 Å². The van der Waals surface area contributed by atoms with Crippen LogP contribution in [0.5, 0.6) is 0 Å². The molecular weight excluding hydrogens is 260 g/mol. The minimum atomic E-state index is 0.371. The van der Waals surface area contributed by atoms with Gasteiger partial charge in [-0.25, -0.2) is 0 Å². The third kappa shape index (κ3) is 4.29. The van der Waals surface area contributed by atoms with Crippen molar-refractivity contribution in [1.29, 1.82) is 0 Å². The van der Waals surface area contributed by atoms with E-state index in [0.29, 0.717) is 12.1 Å². The van der Waals surface area contributed by atoms with Gasteiger partial charge < -0.3 is 15.0 Å². The highest BCUT2D eigenvalue weighted by molar-refractivity contribution is 5.20. The Balaban J connectivity index is 1.40. The van der Waals surface area contributed by atoms with Gasteiger partial charge in [-0.2, -0.15) is 0 Å². The van der Waals surface area contributed by atoms with Crippen molar-refractivity contribution in [2.45, 2.75) is 43.7 Å². The lowest BCUT2D eigenvalue weighted by molar-refractivity contribution is -0.0198. The Kier molecular flexibility index (Phi) is 5.28. The summed E-state index contributed by atoms with van der Waals surface area (Å²) in [7, 11) is 2.18. The standard InChI is InChI=1S/C18H28N2O/c1-20-11-12-21-18(14-20)13-19-17-9-7-16(8-10-17)15-5-3-2-4-6-15/h2-6,16-19H,7-14H2,1H3. The van der Waals surface area contributed by atoms with Crippen LogP contribution < -0.4 is 5.32 Å². The van der Waals surface area contributed by atoms with E-state index in [2.05, 4.69) is 47.6 Å². The molecule has 1 heterocycles. The zero-order chi connectivity index (χ0) is 14.5. The predicted molar refractivity (Wildman–Crippen MR) is 86.7 cm³/mol. The maximum absolute atomic E-state index is 5.83. The summed E-state index contributed by atoms with van der Waals surface area (Å²) in [4.78, 5) is 2.36. The molecule has 0 spiro atoms. The average molecular weight is 288 g/mol. The fourth-order valence-electron chi connectivity index (χ4n) is 3.64. The number of benzene rings is 1. The van der Waals surface area contributed by atoms with Gasteiger partial charge in [0.1, 0.15) is 0 Å². The minimum absolute atomic E-state index is 0.371. The maximum Gasteiger partial charge on any atom is 0.0826 e. The molecule has 1 saturated carbocycles. The van der Waals surface area contributed by atoms with E-state index in [1.54, 1.807) is 0 Å². The molecule has 3 heteroatoms. The van der Waals surface area contributed by atoms with Crippen LogP contribution in [0.1, 0.15) is 37.2 Å². The first-order valence-corrected chi connectivity index (χ1v) is 8.40. The van der Waals surface area contributed by atoms with Crippen molar-refractivity contribution in [1.82, 2.24) is 10.2 Å². The van der Waals surface area contributed by atoms with E-state index in [4.69, 9.17) is 4.74 Å². The third-order valence-corrected chi connectivity index (χ3v) is 4.97. The van der Waals surface area contributed by atoms with Crippen LogP contribution in [-0.2, 0) is 4.74 Å². The lowest BCUT2D eigenvalue weighted by Crippen LogP contribution is -2.47. The van der Waals surface area contributed by atoms with Crippen molar-refractivity contribution >= 4 is 0 Å². The van der Waals surface area contributed by atoms with Crippen LogP contribution in [0, 0.1) is 0 Å². The van der Waals surface area contributed by atoms with Gasteiger partial charge in [0.25, 0.3) is 0 Å². The summed E-state index contributed by atoms with van der Waals surface area (Å²) < 4.78 is 5.83. The quantitative estimate of drug-likeness (QED) is 0.922. The van der Waals surface area contributed by atoms with Crippen LogP contribution in [0.25, 0.3) is 0 Å². The van der Waals surface area contributed by atoms with Crippen molar-refractivity contribution in [3.63, 3.8) is 0 Å². The van der Waals surface area contributed by atoms with Crippen LogP contribution in [-0.4, -0.2) is 50.3 Å². The van der Waals surface area contributed by atoms with Gasteiger partial charge in [0, 0.05) is 25.7 Å². The van der Waals surface area contributed by atoms with Crippen LogP contribution in [0.15, 0.2) is 30.3 Å². The highest BCUT2D eigenvalue weighted by atomic mass is 16.5. The van der Waals surface area contributed by atoms with Gasteiger partial charge in [-0.3, -0.25) is 0 Å². The fraction of sp³-hybridized carbons (Fsp3) is 0.667. The zero-order valence-corrected chi connectivity index (χ0v) is 13.1. The van der Waals surface area contributed by atoms with Crippen molar-refractivity contribution in [3.05, 3.63) is 35.9 Å². The summed E-state index contributed by atoms with van der Waals surface area (Å²) in [5.41, 5.74) is 1.52. The second-order valence-corrected chi connectivity index (χ2v) is 6.62. The monoisotopic (exact) mass is 288 g/mol. The summed E-state index contributed by atoms with van der Waals surface area (Å²) in [6, 6.07) is 11.7. The van der Waals surface area contributed by atoms with E-state index in [0.717, 1.165) is 32.2 Å². The molecule has 1 saturated heterocycles. The summed E-state index contributed by atoms with van der Waals surface area (Å²) >= 11 is 0. The van der Waals surface area contributed by atoms with E-state index >= 15 is 0 Å². The molecule has 0 amide bonds. The van der Waals surface area contributed by atoms with E-state index in [9.17, 15) is 0 Å². The Bertz CT molecular complexity index is 414. The van der Waals surface area contributed by atoms with Gasteiger partial charge >= 0.3 is 0 Å². The Morgan fingerprint density at radius 2 is 1.90 bits per heavy atom. The first-order chi connectivity index (χ1) is 10.3. The van der Waals surface area contributed by atoms with E-state index in [1.807, 2.05) is 0 Å². The normalized spacial score (nSPS) is 31.2. The first kappa shape index (κ1) is 15.0. The molecule has 21 heavy (non-hydrogen) atoms. The maximum atomic E-state index is 5.83. The molecule has 0 radical (unpaired) electrons. The van der Waals surface area contributed by atoms with E-state index in [-0.39, 0.29) is 0 Å². The van der Waals surface area contributed by atoms with Crippen molar-refractivity contribution in [2.75, 3.05) is 33.3 Å². The molecule has 1 aromatic rings. The molecule has 3 nitrogen and oxygen atoms in total. The SMILES string of the molecule is CN1CCOC(CNC2CCC(c3ccccc3)CC2)C1. The second kappa shape index (κ2) is 7.39. The summed E-state index contributed by atoms with van der Waals surface area (Å²) in [5.74, 6) is 0.765. The number of nitrogens with one attached hydrogen (secondary N) is 1. The zero-order valence-electron chi connectivity index (χ0n) is 13.1. The van der Waals surface area contributed by atoms with Crippen molar-refractivity contribution in [2.24, 2.45) is 0 Å². The number of ether oxygens (including phenoxy) is 1. The van der Waals surface area contributed by atoms with Gasteiger partial charge in [-0.05, 0) is 44.2 Å². The smallest absolute Gasteiger partial charge is 0.0826 e. The summed E-state index contributed by atoms with van der Waals surface area (Å²) in [6.07, 6.45) is 5.58. The summed E-state index contributed by atoms with van der Waals surface area (Å²) in [5, 5.41) is 3.73. The Morgan fingerprint density at radius 1 is 1.14 bits per heavy atom. The Labute approximate surface area is 128 Å². The average Bonchev–Trinajstić information content (AvgIpc) is 2.54. The molecule has 0 aromatic heterocycles.